The first-order chi connectivity index (χ1) is 12.0. The number of hydrogen-bond donors (Lipinski definition) is 2. The number of carboxylic acids is 1. The van der Waals surface area contributed by atoms with E-state index in [1.54, 1.807) is 0 Å². The average molecular weight is 345 g/mol. The van der Waals surface area contributed by atoms with Crippen LogP contribution in [0.3, 0.4) is 0 Å². The molecule has 1 aromatic rings. The number of piperazine rings is 1. The summed E-state index contributed by atoms with van der Waals surface area (Å²) in [4.78, 5) is 38.5. The molecule has 2 fully saturated rings. The number of nitrogens with one attached hydrogen (secondary N) is 1. The summed E-state index contributed by atoms with van der Waals surface area (Å²) in [7, 11) is 0. The van der Waals surface area contributed by atoms with Crippen molar-refractivity contribution in [2.45, 2.75) is 25.2 Å². The van der Waals surface area contributed by atoms with Crippen molar-refractivity contribution in [3.63, 3.8) is 0 Å². The van der Waals surface area contributed by atoms with Crippen molar-refractivity contribution >= 4 is 23.5 Å². The van der Waals surface area contributed by atoms with Gasteiger partial charge in [-0.05, 0) is 24.1 Å². The second kappa shape index (κ2) is 7.65. The molecule has 0 spiro atoms. The molecule has 7 heteroatoms. The molecule has 0 bridgehead atoms. The highest BCUT2D eigenvalue weighted by atomic mass is 16.4. The van der Waals surface area contributed by atoms with Crippen molar-refractivity contribution in [2.75, 3.05) is 37.6 Å². The van der Waals surface area contributed by atoms with Crippen molar-refractivity contribution in [2.24, 2.45) is 0 Å². The standard InChI is InChI=1S/C18H23N3O4/c22-16-5-4-15(18(25)19-16)13-2-1-3-14(12-13)21-10-8-20(9-11-21)7-6-17(23)24/h1-3,12,15H,4-11H2,(H,23,24)(H,19,22,25). The molecule has 2 saturated heterocycles. The van der Waals surface area contributed by atoms with E-state index < -0.39 is 5.97 Å². The topological polar surface area (TPSA) is 89.9 Å². The number of anilines is 1. The third kappa shape index (κ3) is 4.36. The van der Waals surface area contributed by atoms with E-state index in [9.17, 15) is 14.4 Å². The quantitative estimate of drug-likeness (QED) is 0.768. The van der Waals surface area contributed by atoms with Crippen LogP contribution in [0.25, 0.3) is 0 Å². The zero-order chi connectivity index (χ0) is 17.8. The highest BCUT2D eigenvalue weighted by Crippen LogP contribution is 2.28. The van der Waals surface area contributed by atoms with Gasteiger partial charge in [-0.3, -0.25) is 24.6 Å². The Morgan fingerprint density at radius 3 is 2.64 bits per heavy atom. The van der Waals surface area contributed by atoms with Gasteiger partial charge in [0.1, 0.15) is 0 Å². The maximum atomic E-state index is 12.1. The van der Waals surface area contributed by atoms with Crippen LogP contribution in [-0.4, -0.2) is 60.5 Å². The molecule has 25 heavy (non-hydrogen) atoms. The van der Waals surface area contributed by atoms with Crippen molar-refractivity contribution in [1.29, 1.82) is 0 Å². The van der Waals surface area contributed by atoms with Gasteiger partial charge < -0.3 is 10.0 Å². The fourth-order valence-corrected chi connectivity index (χ4v) is 3.43. The molecule has 2 heterocycles. The third-order valence-electron chi connectivity index (χ3n) is 4.89. The molecule has 1 atom stereocenters. The summed E-state index contributed by atoms with van der Waals surface area (Å²) in [6.45, 7) is 3.90. The lowest BCUT2D eigenvalue weighted by molar-refractivity contribution is -0.137. The smallest absolute Gasteiger partial charge is 0.304 e. The molecule has 1 unspecified atom stereocenters. The lowest BCUT2D eigenvalue weighted by atomic mass is 9.90. The van der Waals surface area contributed by atoms with Crippen LogP contribution in [0.5, 0.6) is 0 Å². The van der Waals surface area contributed by atoms with Gasteiger partial charge in [-0.1, -0.05) is 12.1 Å². The molecule has 0 aliphatic carbocycles. The lowest BCUT2D eigenvalue weighted by Gasteiger charge is -2.36. The Morgan fingerprint density at radius 2 is 1.96 bits per heavy atom. The Labute approximate surface area is 146 Å². The summed E-state index contributed by atoms with van der Waals surface area (Å²) in [6.07, 6.45) is 1.10. The SMILES string of the molecule is O=C(O)CCN1CCN(c2cccc(C3CCC(=O)NC3=O)c2)CC1. The van der Waals surface area contributed by atoms with Crippen LogP contribution in [-0.2, 0) is 14.4 Å². The summed E-state index contributed by atoms with van der Waals surface area (Å²) >= 11 is 0. The normalized spacial score (nSPS) is 21.9. The van der Waals surface area contributed by atoms with Crippen LogP contribution >= 0.6 is 0 Å². The molecule has 2 aliphatic heterocycles. The highest BCUT2D eigenvalue weighted by Gasteiger charge is 2.28. The van der Waals surface area contributed by atoms with Gasteiger partial charge in [0.25, 0.3) is 0 Å². The highest BCUT2D eigenvalue weighted by molar-refractivity contribution is 6.01. The second-order valence-electron chi connectivity index (χ2n) is 6.57. The number of carboxylic acid groups (broad SMARTS) is 1. The lowest BCUT2D eigenvalue weighted by Crippen LogP contribution is -2.47. The first kappa shape index (κ1) is 17.4. The number of amides is 2. The Bertz CT molecular complexity index is 668. The van der Waals surface area contributed by atoms with E-state index in [2.05, 4.69) is 15.1 Å². The molecule has 2 aliphatic rings. The number of aliphatic carboxylic acids is 1. The monoisotopic (exact) mass is 345 g/mol. The van der Waals surface area contributed by atoms with Crippen molar-refractivity contribution < 1.29 is 19.5 Å². The predicted octanol–water partition coefficient (Wildman–Crippen LogP) is 0.803. The number of carbonyl (C=O) groups excluding carboxylic acids is 2. The van der Waals surface area contributed by atoms with Crippen molar-refractivity contribution in [1.82, 2.24) is 10.2 Å². The van der Waals surface area contributed by atoms with Crippen LogP contribution in [0.1, 0.15) is 30.7 Å². The molecular weight excluding hydrogens is 322 g/mol. The maximum Gasteiger partial charge on any atom is 0.304 e. The number of hydrogen-bond acceptors (Lipinski definition) is 5. The van der Waals surface area contributed by atoms with Crippen LogP contribution < -0.4 is 10.2 Å². The molecule has 0 saturated carbocycles. The van der Waals surface area contributed by atoms with Crippen LogP contribution in [0.15, 0.2) is 24.3 Å². The van der Waals surface area contributed by atoms with Crippen LogP contribution in [0.4, 0.5) is 5.69 Å². The van der Waals surface area contributed by atoms with E-state index >= 15 is 0 Å². The Kier molecular flexibility index (Phi) is 5.33. The number of benzene rings is 1. The zero-order valence-corrected chi connectivity index (χ0v) is 14.1. The van der Waals surface area contributed by atoms with E-state index in [0.29, 0.717) is 19.4 Å². The molecule has 0 radical (unpaired) electrons. The fourth-order valence-electron chi connectivity index (χ4n) is 3.43. The van der Waals surface area contributed by atoms with Gasteiger partial charge in [0.15, 0.2) is 0 Å². The minimum Gasteiger partial charge on any atom is -0.481 e. The summed E-state index contributed by atoms with van der Waals surface area (Å²) in [6, 6.07) is 7.95. The molecular formula is C18H23N3O4. The summed E-state index contributed by atoms with van der Waals surface area (Å²) in [5, 5.41) is 11.2. The average Bonchev–Trinajstić information content (AvgIpc) is 2.60. The van der Waals surface area contributed by atoms with E-state index in [4.69, 9.17) is 5.11 Å². The minimum atomic E-state index is -0.764. The number of rotatable bonds is 5. The van der Waals surface area contributed by atoms with Gasteiger partial charge >= 0.3 is 5.97 Å². The van der Waals surface area contributed by atoms with Gasteiger partial charge in [0.2, 0.25) is 11.8 Å². The number of piperidine rings is 1. The van der Waals surface area contributed by atoms with Gasteiger partial charge in [-0.2, -0.15) is 0 Å². The molecule has 134 valence electrons. The van der Waals surface area contributed by atoms with E-state index in [0.717, 1.165) is 37.4 Å². The van der Waals surface area contributed by atoms with E-state index in [1.165, 1.54) is 0 Å². The Hall–Kier alpha value is -2.41. The molecule has 3 rings (SSSR count). The summed E-state index contributed by atoms with van der Waals surface area (Å²) < 4.78 is 0. The van der Waals surface area contributed by atoms with Crippen molar-refractivity contribution in [3.05, 3.63) is 29.8 Å². The molecule has 7 nitrogen and oxygen atoms in total. The number of nitrogens with zero attached hydrogens (tertiary/aromatic N) is 2. The van der Waals surface area contributed by atoms with Gasteiger partial charge in [0.05, 0.1) is 12.3 Å². The first-order valence-electron chi connectivity index (χ1n) is 8.65. The summed E-state index contributed by atoms with van der Waals surface area (Å²) in [5.74, 6) is -1.45. The van der Waals surface area contributed by atoms with E-state index in [1.807, 2.05) is 24.3 Å². The molecule has 2 amide bonds. The van der Waals surface area contributed by atoms with Gasteiger partial charge in [0, 0.05) is 44.8 Å². The Balaban J connectivity index is 1.62. The molecule has 2 N–H and O–H groups in total. The number of carbonyl (C=O) groups is 3. The fraction of sp³-hybridized carbons (Fsp3) is 0.500. The second-order valence-corrected chi connectivity index (χ2v) is 6.57. The number of imide groups is 1. The van der Waals surface area contributed by atoms with Crippen molar-refractivity contribution in [3.8, 4) is 0 Å². The largest absolute Gasteiger partial charge is 0.481 e. The maximum absolute atomic E-state index is 12.1. The zero-order valence-electron chi connectivity index (χ0n) is 14.1. The predicted molar refractivity (Wildman–Crippen MR) is 92.5 cm³/mol. The van der Waals surface area contributed by atoms with Crippen LogP contribution in [0.2, 0.25) is 0 Å². The van der Waals surface area contributed by atoms with E-state index in [-0.39, 0.29) is 24.2 Å². The van der Waals surface area contributed by atoms with Gasteiger partial charge in [-0.15, -0.1) is 0 Å². The van der Waals surface area contributed by atoms with Gasteiger partial charge in [-0.25, -0.2) is 0 Å². The summed E-state index contributed by atoms with van der Waals surface area (Å²) in [5.41, 5.74) is 2.01. The first-order valence-corrected chi connectivity index (χ1v) is 8.65. The third-order valence-corrected chi connectivity index (χ3v) is 4.89. The Morgan fingerprint density at radius 1 is 1.20 bits per heavy atom. The molecule has 1 aromatic carbocycles. The minimum absolute atomic E-state index is 0.172. The van der Waals surface area contributed by atoms with Crippen LogP contribution in [0, 0.1) is 0 Å². The molecule has 0 aromatic heterocycles.